The summed E-state index contributed by atoms with van der Waals surface area (Å²) in [5, 5.41) is 0. The van der Waals surface area contributed by atoms with Crippen LogP contribution in [0.15, 0.2) is 66.0 Å². The number of para-hydroxylation sites is 2. The number of halogens is 1. The standard InChI is InChI=1S/C21H14FN5O3S/c1-30-21-18(7-4-11-24-21)31(28,29)27-20-19(22)14(10-12-23-20)8-9-15-13-25-16-5-2-3-6-17(16)26-15/h2-7,10-13H,1H3,(H,23,27). The molecule has 1 aromatic carbocycles. The number of sulfonamides is 1. The van der Waals surface area contributed by atoms with Gasteiger partial charge in [-0.05, 0) is 36.3 Å². The smallest absolute Gasteiger partial charge is 0.268 e. The molecule has 0 unspecified atom stereocenters. The number of rotatable bonds is 4. The molecule has 0 saturated carbocycles. The molecular formula is C21H14FN5O3S. The van der Waals surface area contributed by atoms with Crippen LogP contribution in [-0.4, -0.2) is 35.5 Å². The Morgan fingerprint density at radius 3 is 2.58 bits per heavy atom. The predicted molar refractivity (Wildman–Crippen MR) is 111 cm³/mol. The van der Waals surface area contributed by atoms with Gasteiger partial charge in [-0.1, -0.05) is 18.1 Å². The molecule has 0 aliphatic heterocycles. The van der Waals surface area contributed by atoms with Crippen LogP contribution in [0.25, 0.3) is 11.0 Å². The molecule has 4 rings (SSSR count). The van der Waals surface area contributed by atoms with Gasteiger partial charge in [0.25, 0.3) is 10.0 Å². The third-order valence-electron chi connectivity index (χ3n) is 4.11. The highest BCUT2D eigenvalue weighted by Gasteiger charge is 2.23. The maximum absolute atomic E-state index is 14.9. The Balaban J connectivity index is 1.65. The Bertz CT molecular complexity index is 1450. The van der Waals surface area contributed by atoms with Crippen LogP contribution >= 0.6 is 0 Å². The lowest BCUT2D eigenvalue weighted by Crippen LogP contribution is -2.16. The monoisotopic (exact) mass is 435 g/mol. The topological polar surface area (TPSA) is 107 Å². The minimum absolute atomic E-state index is 0.0548. The largest absolute Gasteiger partial charge is 0.480 e. The Morgan fingerprint density at radius 2 is 1.77 bits per heavy atom. The van der Waals surface area contributed by atoms with E-state index >= 15 is 0 Å². The van der Waals surface area contributed by atoms with Crippen molar-refractivity contribution in [2.75, 3.05) is 11.8 Å². The molecule has 0 fully saturated rings. The summed E-state index contributed by atoms with van der Waals surface area (Å²) in [4.78, 5) is 16.0. The Morgan fingerprint density at radius 1 is 0.968 bits per heavy atom. The summed E-state index contributed by atoms with van der Waals surface area (Å²) >= 11 is 0. The van der Waals surface area contributed by atoms with Crippen LogP contribution in [0.1, 0.15) is 11.3 Å². The van der Waals surface area contributed by atoms with Crippen molar-refractivity contribution in [3.8, 4) is 17.7 Å². The first kappa shape index (κ1) is 20.2. The Hall–Kier alpha value is -4.10. The predicted octanol–water partition coefficient (Wildman–Crippen LogP) is 2.77. The fourth-order valence-electron chi connectivity index (χ4n) is 2.68. The molecule has 3 aromatic heterocycles. The van der Waals surface area contributed by atoms with Gasteiger partial charge >= 0.3 is 0 Å². The fraction of sp³-hybridized carbons (Fsp3) is 0.0476. The second kappa shape index (κ2) is 8.33. The van der Waals surface area contributed by atoms with Crippen LogP contribution in [0.5, 0.6) is 5.88 Å². The molecule has 154 valence electrons. The SMILES string of the molecule is COc1ncccc1S(=O)(=O)Nc1nccc(C#Cc2cnc3ccccc3n2)c1F. The number of nitrogens with zero attached hydrogens (tertiary/aromatic N) is 4. The number of hydrogen-bond acceptors (Lipinski definition) is 7. The van der Waals surface area contributed by atoms with Gasteiger partial charge in [-0.2, -0.15) is 0 Å². The van der Waals surface area contributed by atoms with Crippen molar-refractivity contribution in [2.24, 2.45) is 0 Å². The van der Waals surface area contributed by atoms with Gasteiger partial charge in [-0.15, -0.1) is 0 Å². The summed E-state index contributed by atoms with van der Waals surface area (Å²) in [6.45, 7) is 0. The van der Waals surface area contributed by atoms with E-state index in [1.807, 2.05) is 18.2 Å². The van der Waals surface area contributed by atoms with E-state index in [4.69, 9.17) is 4.74 Å². The van der Waals surface area contributed by atoms with E-state index in [1.165, 1.54) is 43.9 Å². The van der Waals surface area contributed by atoms with Crippen LogP contribution in [0.2, 0.25) is 0 Å². The van der Waals surface area contributed by atoms with E-state index in [-0.39, 0.29) is 16.3 Å². The van der Waals surface area contributed by atoms with E-state index in [1.54, 1.807) is 6.07 Å². The maximum atomic E-state index is 14.9. The minimum atomic E-state index is -4.20. The van der Waals surface area contributed by atoms with Gasteiger partial charge in [-0.25, -0.2) is 27.8 Å². The van der Waals surface area contributed by atoms with Crippen molar-refractivity contribution in [3.63, 3.8) is 0 Å². The van der Waals surface area contributed by atoms with Gasteiger partial charge in [0, 0.05) is 12.4 Å². The van der Waals surface area contributed by atoms with E-state index in [0.717, 1.165) is 0 Å². The normalized spacial score (nSPS) is 10.9. The van der Waals surface area contributed by atoms with Crippen molar-refractivity contribution >= 4 is 26.9 Å². The highest BCUT2D eigenvalue weighted by atomic mass is 32.2. The number of benzene rings is 1. The molecule has 10 heteroatoms. The van der Waals surface area contributed by atoms with Crippen LogP contribution in [0, 0.1) is 17.7 Å². The molecule has 0 radical (unpaired) electrons. The third kappa shape index (κ3) is 4.26. The number of ether oxygens (including phenoxy) is 1. The van der Waals surface area contributed by atoms with E-state index < -0.39 is 21.7 Å². The molecule has 0 atom stereocenters. The number of pyridine rings is 2. The summed E-state index contributed by atoms with van der Waals surface area (Å²) in [6.07, 6.45) is 4.10. The molecular weight excluding hydrogens is 421 g/mol. The van der Waals surface area contributed by atoms with Crippen molar-refractivity contribution in [1.29, 1.82) is 0 Å². The van der Waals surface area contributed by atoms with E-state index in [0.29, 0.717) is 16.7 Å². The average molecular weight is 435 g/mol. The third-order valence-corrected chi connectivity index (χ3v) is 5.46. The van der Waals surface area contributed by atoms with E-state index in [9.17, 15) is 12.8 Å². The average Bonchev–Trinajstić information content (AvgIpc) is 2.79. The summed E-state index contributed by atoms with van der Waals surface area (Å²) in [5.74, 6) is 3.84. The van der Waals surface area contributed by atoms with Crippen molar-refractivity contribution in [2.45, 2.75) is 4.90 Å². The van der Waals surface area contributed by atoms with Crippen LogP contribution < -0.4 is 9.46 Å². The number of methoxy groups -OCH3 is 1. The number of anilines is 1. The molecule has 8 nitrogen and oxygen atoms in total. The van der Waals surface area contributed by atoms with Gasteiger partial charge in [0.15, 0.2) is 11.6 Å². The lowest BCUT2D eigenvalue weighted by Gasteiger charge is -2.10. The zero-order chi connectivity index (χ0) is 21.8. The van der Waals surface area contributed by atoms with Crippen LogP contribution in [0.4, 0.5) is 10.2 Å². The van der Waals surface area contributed by atoms with Crippen molar-refractivity contribution in [1.82, 2.24) is 19.9 Å². The Kier molecular flexibility index (Phi) is 5.43. The molecule has 0 bridgehead atoms. The van der Waals surface area contributed by atoms with Gasteiger partial charge < -0.3 is 4.74 Å². The fourth-order valence-corrected chi connectivity index (χ4v) is 3.81. The van der Waals surface area contributed by atoms with Crippen LogP contribution in [-0.2, 0) is 10.0 Å². The van der Waals surface area contributed by atoms with Gasteiger partial charge in [0.05, 0.1) is 29.9 Å². The van der Waals surface area contributed by atoms with Crippen molar-refractivity contribution < 1.29 is 17.5 Å². The highest BCUT2D eigenvalue weighted by Crippen LogP contribution is 2.24. The Labute approximate surface area is 177 Å². The molecule has 0 aliphatic carbocycles. The molecule has 0 aliphatic rings. The summed E-state index contributed by atoms with van der Waals surface area (Å²) in [6, 6.07) is 11.3. The number of hydrogen-bond donors (Lipinski definition) is 1. The first-order chi connectivity index (χ1) is 15.0. The maximum Gasteiger partial charge on any atom is 0.268 e. The summed E-state index contributed by atoms with van der Waals surface area (Å²) in [5.41, 5.74) is 1.66. The zero-order valence-electron chi connectivity index (χ0n) is 16.1. The lowest BCUT2D eigenvalue weighted by molar-refractivity contribution is 0.385. The zero-order valence-corrected chi connectivity index (χ0v) is 16.9. The number of fused-ring (bicyclic) bond motifs is 1. The van der Waals surface area contributed by atoms with Gasteiger partial charge in [0.1, 0.15) is 10.6 Å². The van der Waals surface area contributed by atoms with Crippen LogP contribution in [0.3, 0.4) is 0 Å². The first-order valence-corrected chi connectivity index (χ1v) is 10.4. The summed E-state index contributed by atoms with van der Waals surface area (Å²) in [7, 11) is -2.91. The molecule has 1 N–H and O–H groups in total. The minimum Gasteiger partial charge on any atom is -0.480 e. The van der Waals surface area contributed by atoms with Gasteiger partial charge in [-0.3, -0.25) is 9.71 Å². The molecule has 0 saturated heterocycles. The van der Waals surface area contributed by atoms with E-state index in [2.05, 4.69) is 36.5 Å². The lowest BCUT2D eigenvalue weighted by atomic mass is 10.2. The molecule has 0 spiro atoms. The first-order valence-electron chi connectivity index (χ1n) is 8.88. The molecule has 4 aromatic rings. The molecule has 3 heterocycles. The highest BCUT2D eigenvalue weighted by molar-refractivity contribution is 7.92. The second-order valence-corrected chi connectivity index (χ2v) is 7.78. The second-order valence-electron chi connectivity index (χ2n) is 6.13. The molecule has 31 heavy (non-hydrogen) atoms. The number of aromatic nitrogens is 4. The molecule has 0 amide bonds. The number of nitrogens with one attached hydrogen (secondary N) is 1. The van der Waals surface area contributed by atoms with Crippen molar-refractivity contribution in [3.05, 3.63) is 78.1 Å². The van der Waals surface area contributed by atoms with Gasteiger partial charge in [0.2, 0.25) is 5.88 Å². The quantitative estimate of drug-likeness (QED) is 0.491. The summed E-state index contributed by atoms with van der Waals surface area (Å²) < 4.78 is 47.3.